The van der Waals surface area contributed by atoms with Crippen molar-refractivity contribution in [2.45, 2.75) is 13.8 Å². The lowest BCUT2D eigenvalue weighted by molar-refractivity contribution is 0.685. The molecule has 4 nitrogen and oxygen atoms in total. The van der Waals surface area contributed by atoms with Gasteiger partial charge >= 0.3 is 0 Å². The minimum atomic E-state index is 0.608. The fourth-order valence-electron chi connectivity index (χ4n) is 1.23. The number of H-pyrrole nitrogens is 1. The predicted molar refractivity (Wildman–Crippen MR) is 57.2 cm³/mol. The second-order valence-corrected chi connectivity index (χ2v) is 3.73. The van der Waals surface area contributed by atoms with Gasteiger partial charge in [0.1, 0.15) is 5.52 Å². The van der Waals surface area contributed by atoms with Crippen LogP contribution >= 0.6 is 0 Å². The Bertz CT molecular complexity index is 386. The maximum atomic E-state index is 4.36. The zero-order valence-electron chi connectivity index (χ0n) is 8.41. The van der Waals surface area contributed by atoms with Crippen LogP contribution in [0.15, 0.2) is 18.3 Å². The summed E-state index contributed by atoms with van der Waals surface area (Å²) in [6.07, 6.45) is 1.76. The summed E-state index contributed by atoms with van der Waals surface area (Å²) in [5.74, 6) is 1.41. The molecular formula is C10H14N4. The summed E-state index contributed by atoms with van der Waals surface area (Å²) < 4.78 is 0. The van der Waals surface area contributed by atoms with Gasteiger partial charge in [-0.25, -0.2) is 9.97 Å². The number of rotatable bonds is 3. The highest BCUT2D eigenvalue weighted by Crippen LogP contribution is 2.10. The van der Waals surface area contributed by atoms with Crippen LogP contribution in [0.5, 0.6) is 0 Å². The van der Waals surface area contributed by atoms with Gasteiger partial charge in [-0.15, -0.1) is 0 Å². The van der Waals surface area contributed by atoms with Crippen LogP contribution in [0.4, 0.5) is 5.95 Å². The Morgan fingerprint density at radius 1 is 1.50 bits per heavy atom. The monoisotopic (exact) mass is 190 g/mol. The molecular weight excluding hydrogens is 176 g/mol. The Balaban J connectivity index is 2.19. The van der Waals surface area contributed by atoms with Gasteiger partial charge in [0.15, 0.2) is 5.65 Å². The van der Waals surface area contributed by atoms with Crippen molar-refractivity contribution in [3.8, 4) is 0 Å². The van der Waals surface area contributed by atoms with Crippen molar-refractivity contribution >= 4 is 17.1 Å². The number of imidazole rings is 1. The van der Waals surface area contributed by atoms with Crippen molar-refractivity contribution in [3.63, 3.8) is 0 Å². The van der Waals surface area contributed by atoms with Crippen molar-refractivity contribution < 1.29 is 0 Å². The Hall–Kier alpha value is -1.58. The van der Waals surface area contributed by atoms with Crippen molar-refractivity contribution in [2.24, 2.45) is 5.92 Å². The molecule has 2 aromatic heterocycles. The molecule has 0 aliphatic heterocycles. The lowest BCUT2D eigenvalue weighted by atomic mass is 10.2. The van der Waals surface area contributed by atoms with Gasteiger partial charge in [-0.2, -0.15) is 0 Å². The second-order valence-electron chi connectivity index (χ2n) is 3.73. The maximum Gasteiger partial charge on any atom is 0.202 e. The summed E-state index contributed by atoms with van der Waals surface area (Å²) >= 11 is 0. The summed E-state index contributed by atoms with van der Waals surface area (Å²) in [6.45, 7) is 5.24. The minimum absolute atomic E-state index is 0.608. The number of hydrogen-bond acceptors (Lipinski definition) is 3. The van der Waals surface area contributed by atoms with E-state index in [-0.39, 0.29) is 0 Å². The van der Waals surface area contributed by atoms with E-state index in [0.717, 1.165) is 23.7 Å². The molecule has 0 aliphatic rings. The van der Waals surface area contributed by atoms with Gasteiger partial charge in [0, 0.05) is 12.7 Å². The number of nitrogens with one attached hydrogen (secondary N) is 2. The zero-order chi connectivity index (χ0) is 9.97. The van der Waals surface area contributed by atoms with Crippen LogP contribution in [0.2, 0.25) is 0 Å². The first kappa shape index (κ1) is 8.99. The van der Waals surface area contributed by atoms with E-state index in [1.807, 2.05) is 12.1 Å². The second kappa shape index (κ2) is 3.65. The van der Waals surface area contributed by atoms with Crippen LogP contribution in [0, 0.1) is 5.92 Å². The molecule has 0 unspecified atom stereocenters. The molecule has 2 N–H and O–H groups in total. The standard InChI is InChI=1S/C10H14N4/c1-7(2)6-12-10-13-8-4-3-5-11-9(8)14-10/h3-5,7H,6H2,1-2H3,(H2,11,12,13,14). The first-order valence-corrected chi connectivity index (χ1v) is 4.80. The molecule has 14 heavy (non-hydrogen) atoms. The van der Waals surface area contributed by atoms with Crippen LogP contribution < -0.4 is 5.32 Å². The van der Waals surface area contributed by atoms with Crippen molar-refractivity contribution in [1.82, 2.24) is 15.0 Å². The van der Waals surface area contributed by atoms with Crippen LogP contribution in [-0.4, -0.2) is 21.5 Å². The Morgan fingerprint density at radius 3 is 3.07 bits per heavy atom. The first-order valence-electron chi connectivity index (χ1n) is 4.80. The molecule has 2 heterocycles. The van der Waals surface area contributed by atoms with Gasteiger partial charge < -0.3 is 10.3 Å². The van der Waals surface area contributed by atoms with Gasteiger partial charge in [-0.1, -0.05) is 13.8 Å². The summed E-state index contributed by atoms with van der Waals surface area (Å²) in [4.78, 5) is 11.6. The Kier molecular flexibility index (Phi) is 2.35. The fraction of sp³-hybridized carbons (Fsp3) is 0.400. The normalized spacial score (nSPS) is 11.1. The molecule has 0 aromatic carbocycles. The van der Waals surface area contributed by atoms with Crippen LogP contribution in [0.25, 0.3) is 11.2 Å². The van der Waals surface area contributed by atoms with Crippen LogP contribution in [-0.2, 0) is 0 Å². The number of fused-ring (bicyclic) bond motifs is 1. The molecule has 0 saturated heterocycles. The highest BCUT2D eigenvalue weighted by Gasteiger charge is 2.02. The SMILES string of the molecule is CC(C)CNc1nc2cccnc2[nH]1. The molecule has 0 fully saturated rings. The Labute approximate surface area is 82.8 Å². The van der Waals surface area contributed by atoms with E-state index < -0.39 is 0 Å². The number of nitrogens with zero attached hydrogens (tertiary/aromatic N) is 2. The summed E-state index contributed by atoms with van der Waals surface area (Å²) in [7, 11) is 0. The van der Waals surface area contributed by atoms with E-state index in [1.165, 1.54) is 0 Å². The third-order valence-corrected chi connectivity index (χ3v) is 1.93. The molecule has 0 saturated carbocycles. The third-order valence-electron chi connectivity index (χ3n) is 1.93. The molecule has 2 aromatic rings. The number of anilines is 1. The average Bonchev–Trinajstić information content (AvgIpc) is 2.57. The van der Waals surface area contributed by atoms with Crippen molar-refractivity contribution in [1.29, 1.82) is 0 Å². The van der Waals surface area contributed by atoms with Gasteiger partial charge in [-0.05, 0) is 18.1 Å². The summed E-state index contributed by atoms with van der Waals surface area (Å²) in [5.41, 5.74) is 1.73. The molecule has 74 valence electrons. The molecule has 0 atom stereocenters. The summed E-state index contributed by atoms with van der Waals surface area (Å²) in [6, 6.07) is 3.83. The molecule has 0 amide bonds. The van der Waals surface area contributed by atoms with Crippen LogP contribution in [0.1, 0.15) is 13.8 Å². The quantitative estimate of drug-likeness (QED) is 0.778. The van der Waals surface area contributed by atoms with E-state index in [2.05, 4.69) is 34.1 Å². The molecule has 0 spiro atoms. The van der Waals surface area contributed by atoms with E-state index in [4.69, 9.17) is 0 Å². The molecule has 4 heteroatoms. The number of aromatic amines is 1. The van der Waals surface area contributed by atoms with Gasteiger partial charge in [-0.3, -0.25) is 0 Å². The van der Waals surface area contributed by atoms with Crippen molar-refractivity contribution in [3.05, 3.63) is 18.3 Å². The lowest BCUT2D eigenvalue weighted by Crippen LogP contribution is -2.08. The fourth-order valence-corrected chi connectivity index (χ4v) is 1.23. The van der Waals surface area contributed by atoms with Crippen molar-refractivity contribution in [2.75, 3.05) is 11.9 Å². The first-order chi connectivity index (χ1) is 6.75. The highest BCUT2D eigenvalue weighted by atomic mass is 15.1. The van der Waals surface area contributed by atoms with E-state index in [1.54, 1.807) is 6.20 Å². The Morgan fingerprint density at radius 2 is 2.36 bits per heavy atom. The molecule has 0 radical (unpaired) electrons. The third kappa shape index (κ3) is 1.84. The lowest BCUT2D eigenvalue weighted by Gasteiger charge is -2.04. The predicted octanol–water partition coefficient (Wildman–Crippen LogP) is 2.03. The molecule has 0 aliphatic carbocycles. The van der Waals surface area contributed by atoms with E-state index >= 15 is 0 Å². The number of aromatic nitrogens is 3. The average molecular weight is 190 g/mol. The largest absolute Gasteiger partial charge is 0.356 e. The van der Waals surface area contributed by atoms with Gasteiger partial charge in [0.25, 0.3) is 0 Å². The zero-order valence-corrected chi connectivity index (χ0v) is 8.41. The topological polar surface area (TPSA) is 53.6 Å². The summed E-state index contributed by atoms with van der Waals surface area (Å²) in [5, 5.41) is 3.23. The van der Waals surface area contributed by atoms with Gasteiger partial charge in [0.05, 0.1) is 0 Å². The number of hydrogen-bond donors (Lipinski definition) is 2. The molecule has 0 bridgehead atoms. The van der Waals surface area contributed by atoms with Crippen LogP contribution in [0.3, 0.4) is 0 Å². The van der Waals surface area contributed by atoms with Gasteiger partial charge in [0.2, 0.25) is 5.95 Å². The van der Waals surface area contributed by atoms with E-state index in [9.17, 15) is 0 Å². The maximum absolute atomic E-state index is 4.36. The number of pyridine rings is 1. The highest BCUT2D eigenvalue weighted by molar-refractivity contribution is 5.72. The van der Waals surface area contributed by atoms with E-state index in [0.29, 0.717) is 5.92 Å². The molecule has 2 rings (SSSR count). The smallest absolute Gasteiger partial charge is 0.202 e. The minimum Gasteiger partial charge on any atom is -0.356 e.